The van der Waals surface area contributed by atoms with Crippen LogP contribution in [-0.2, 0) is 6.42 Å². The lowest BCUT2D eigenvalue weighted by molar-refractivity contribution is 0.180. The zero-order valence-electron chi connectivity index (χ0n) is 17.7. The van der Waals surface area contributed by atoms with Crippen LogP contribution in [0.5, 0.6) is 0 Å². The van der Waals surface area contributed by atoms with Gasteiger partial charge < -0.3 is 5.73 Å². The lowest BCUT2D eigenvalue weighted by atomic mass is 9.55. The number of nitriles is 3. The van der Waals surface area contributed by atoms with E-state index in [2.05, 4.69) is 76.2 Å². The van der Waals surface area contributed by atoms with Gasteiger partial charge in [-0.15, -0.1) is 0 Å². The van der Waals surface area contributed by atoms with Crippen molar-refractivity contribution in [2.24, 2.45) is 28.4 Å². The van der Waals surface area contributed by atoms with Crippen LogP contribution in [-0.4, -0.2) is 0 Å². The summed E-state index contributed by atoms with van der Waals surface area (Å²) in [5, 5.41) is 30.0. The molecule has 3 rings (SSSR count). The minimum atomic E-state index is -1.54. The van der Waals surface area contributed by atoms with Crippen LogP contribution in [0.1, 0.15) is 57.6 Å². The van der Waals surface area contributed by atoms with Crippen LogP contribution in [0, 0.1) is 56.7 Å². The van der Waals surface area contributed by atoms with Crippen molar-refractivity contribution in [3.63, 3.8) is 0 Å². The predicted octanol–water partition coefficient (Wildman–Crippen LogP) is 5.11. The molecule has 0 radical (unpaired) electrons. The summed E-state index contributed by atoms with van der Waals surface area (Å²) in [6, 6.07) is 14.9. The van der Waals surface area contributed by atoms with Gasteiger partial charge in [0.25, 0.3) is 0 Å². The number of allylic oxidation sites excluding steroid dienone is 3. The van der Waals surface area contributed by atoms with Gasteiger partial charge in [0.15, 0.2) is 0 Å². The summed E-state index contributed by atoms with van der Waals surface area (Å²) in [5.41, 5.74) is 8.44. The van der Waals surface area contributed by atoms with Crippen molar-refractivity contribution in [1.29, 1.82) is 15.8 Å². The summed E-state index contributed by atoms with van der Waals surface area (Å²) >= 11 is 0. The Balaban J connectivity index is 2.25. The number of fused-ring (bicyclic) bond motifs is 1. The zero-order valence-corrected chi connectivity index (χ0v) is 17.7. The molecule has 0 aliphatic heterocycles. The van der Waals surface area contributed by atoms with Crippen molar-refractivity contribution in [3.05, 3.63) is 58.3 Å². The Hall–Kier alpha value is -3.03. The molecule has 0 bridgehead atoms. The molecular formula is C25H28N4. The molecule has 4 nitrogen and oxygen atoms in total. The molecule has 1 aromatic carbocycles. The van der Waals surface area contributed by atoms with Crippen LogP contribution >= 0.6 is 0 Å². The van der Waals surface area contributed by atoms with E-state index >= 15 is 0 Å². The van der Waals surface area contributed by atoms with E-state index < -0.39 is 5.41 Å². The van der Waals surface area contributed by atoms with Crippen molar-refractivity contribution >= 4 is 0 Å². The molecule has 3 atom stereocenters. The Morgan fingerprint density at radius 1 is 1.10 bits per heavy atom. The Bertz CT molecular complexity index is 970. The minimum absolute atomic E-state index is 0.0818. The molecule has 2 aliphatic rings. The van der Waals surface area contributed by atoms with Crippen LogP contribution in [0.4, 0.5) is 0 Å². The molecule has 2 N–H and O–H groups in total. The molecular weight excluding hydrogens is 356 g/mol. The number of hydrogen-bond donors (Lipinski definition) is 1. The molecule has 0 heterocycles. The first-order valence-electron chi connectivity index (χ1n) is 10.3. The average Bonchev–Trinajstić information content (AvgIpc) is 2.72. The zero-order chi connectivity index (χ0) is 21.4. The van der Waals surface area contributed by atoms with E-state index in [9.17, 15) is 15.8 Å². The molecule has 2 aliphatic carbocycles. The minimum Gasteiger partial charge on any atom is -0.399 e. The van der Waals surface area contributed by atoms with Crippen LogP contribution in [0.3, 0.4) is 0 Å². The van der Waals surface area contributed by atoms with E-state index in [-0.39, 0.29) is 22.9 Å². The molecule has 0 aromatic heterocycles. The highest BCUT2D eigenvalue weighted by molar-refractivity contribution is 5.58. The number of nitrogens with zero attached hydrogens (tertiary/aromatic N) is 3. The summed E-state index contributed by atoms with van der Waals surface area (Å²) in [4.78, 5) is 0. The smallest absolute Gasteiger partial charge is 0.204 e. The Morgan fingerprint density at radius 2 is 1.72 bits per heavy atom. The maximum Gasteiger partial charge on any atom is 0.204 e. The largest absolute Gasteiger partial charge is 0.399 e. The molecule has 4 heteroatoms. The lowest BCUT2D eigenvalue weighted by Crippen LogP contribution is -2.43. The molecule has 1 aromatic rings. The van der Waals surface area contributed by atoms with Gasteiger partial charge in [0.1, 0.15) is 0 Å². The van der Waals surface area contributed by atoms with E-state index in [1.807, 2.05) is 0 Å². The third kappa shape index (κ3) is 3.22. The molecule has 0 fully saturated rings. The summed E-state index contributed by atoms with van der Waals surface area (Å²) in [6.45, 7) is 8.78. The van der Waals surface area contributed by atoms with Gasteiger partial charge >= 0.3 is 0 Å². The molecule has 29 heavy (non-hydrogen) atoms. The Kier molecular flexibility index (Phi) is 5.30. The number of aryl methyl sites for hydroxylation is 1. The molecule has 148 valence electrons. The van der Waals surface area contributed by atoms with Crippen molar-refractivity contribution in [2.75, 3.05) is 0 Å². The van der Waals surface area contributed by atoms with Crippen LogP contribution in [0.15, 0.2) is 47.2 Å². The second-order valence-electron chi connectivity index (χ2n) is 9.29. The van der Waals surface area contributed by atoms with Crippen LogP contribution in [0.25, 0.3) is 0 Å². The van der Waals surface area contributed by atoms with Gasteiger partial charge in [0, 0.05) is 5.92 Å². The van der Waals surface area contributed by atoms with Crippen molar-refractivity contribution in [2.45, 2.75) is 52.9 Å². The van der Waals surface area contributed by atoms with E-state index in [0.29, 0.717) is 11.5 Å². The highest BCUT2D eigenvalue weighted by atomic mass is 14.7. The molecule has 0 saturated carbocycles. The third-order valence-corrected chi connectivity index (χ3v) is 6.83. The van der Waals surface area contributed by atoms with Gasteiger partial charge in [-0.25, -0.2) is 0 Å². The lowest BCUT2D eigenvalue weighted by Gasteiger charge is -2.46. The monoisotopic (exact) mass is 384 g/mol. The molecule has 0 unspecified atom stereocenters. The number of benzene rings is 1. The molecule has 0 amide bonds. The quantitative estimate of drug-likeness (QED) is 0.716. The fourth-order valence-electron chi connectivity index (χ4n) is 4.89. The van der Waals surface area contributed by atoms with Gasteiger partial charge in [-0.05, 0) is 53.2 Å². The Labute approximate surface area is 173 Å². The normalized spacial score (nSPS) is 25.8. The maximum absolute atomic E-state index is 10.0. The molecule has 0 saturated heterocycles. The van der Waals surface area contributed by atoms with Crippen LogP contribution < -0.4 is 5.73 Å². The predicted molar refractivity (Wildman–Crippen MR) is 113 cm³/mol. The van der Waals surface area contributed by atoms with Crippen LogP contribution in [0.2, 0.25) is 0 Å². The summed E-state index contributed by atoms with van der Waals surface area (Å²) in [5.74, 6) is 0.0989. The Morgan fingerprint density at radius 3 is 2.21 bits per heavy atom. The van der Waals surface area contributed by atoms with Gasteiger partial charge in [0.2, 0.25) is 5.41 Å². The SMILES string of the molecule is CCc1ccc([C@@H]2C(C#N)=C(N)C(C#N)(C#N)C3=CC[C@@H](C(C)(C)C)C[C@H]32)cc1. The van der Waals surface area contributed by atoms with E-state index in [1.165, 1.54) is 5.56 Å². The van der Waals surface area contributed by atoms with E-state index in [0.717, 1.165) is 30.4 Å². The number of rotatable bonds is 2. The van der Waals surface area contributed by atoms with Gasteiger partial charge in [-0.2, -0.15) is 15.8 Å². The maximum atomic E-state index is 10.0. The van der Waals surface area contributed by atoms with Gasteiger partial charge in [-0.3, -0.25) is 0 Å². The fraction of sp³-hybridized carbons (Fsp3) is 0.480. The highest BCUT2D eigenvalue weighted by Crippen LogP contribution is 2.57. The average molecular weight is 385 g/mol. The summed E-state index contributed by atoms with van der Waals surface area (Å²) in [6.07, 6.45) is 4.65. The van der Waals surface area contributed by atoms with E-state index in [4.69, 9.17) is 5.73 Å². The standard InChI is InChI=1S/C25H28N4/c1-5-16-6-8-17(9-7-16)22-19-12-18(24(2,3)4)10-11-21(19)25(14-27,15-28)23(29)20(22)13-26/h6-9,11,18-19,22H,5,10,12,29H2,1-4H3/t18-,19-,22+/m1/s1. The second kappa shape index (κ2) is 7.42. The first kappa shape index (κ1) is 20.7. The first-order chi connectivity index (χ1) is 13.7. The highest BCUT2D eigenvalue weighted by Gasteiger charge is 2.53. The van der Waals surface area contributed by atoms with Crippen molar-refractivity contribution < 1.29 is 0 Å². The first-order valence-corrected chi connectivity index (χ1v) is 10.3. The number of hydrogen-bond acceptors (Lipinski definition) is 4. The van der Waals surface area contributed by atoms with E-state index in [1.54, 1.807) is 0 Å². The van der Waals surface area contributed by atoms with Crippen molar-refractivity contribution in [1.82, 2.24) is 0 Å². The van der Waals surface area contributed by atoms with Crippen molar-refractivity contribution in [3.8, 4) is 18.2 Å². The molecule has 0 spiro atoms. The number of nitrogens with two attached hydrogens (primary N) is 1. The summed E-state index contributed by atoms with van der Waals surface area (Å²) < 4.78 is 0. The topological polar surface area (TPSA) is 97.4 Å². The fourth-order valence-corrected chi connectivity index (χ4v) is 4.89. The summed E-state index contributed by atoms with van der Waals surface area (Å²) in [7, 11) is 0. The van der Waals surface area contributed by atoms with Gasteiger partial charge in [0.05, 0.1) is 29.5 Å². The van der Waals surface area contributed by atoms with Gasteiger partial charge in [-0.1, -0.05) is 58.0 Å². The second-order valence-corrected chi connectivity index (χ2v) is 9.29. The third-order valence-electron chi connectivity index (χ3n) is 6.83.